The Labute approximate surface area is 189 Å². The normalized spacial score (nSPS) is 21.4. The molecule has 3 aliphatic heterocycles. The summed E-state index contributed by atoms with van der Waals surface area (Å²) in [5, 5.41) is 6.61. The summed E-state index contributed by atoms with van der Waals surface area (Å²) in [7, 11) is 3.00. The minimum atomic E-state index is -0.750. The number of rotatable bonds is 6. The molecular weight excluding hydrogens is 434 g/mol. The van der Waals surface area contributed by atoms with Crippen LogP contribution in [-0.4, -0.2) is 126 Å². The summed E-state index contributed by atoms with van der Waals surface area (Å²) in [6.45, 7) is 3.89. The highest BCUT2D eigenvalue weighted by Crippen LogP contribution is 2.17. The van der Waals surface area contributed by atoms with Crippen molar-refractivity contribution in [1.82, 2.24) is 24.9 Å². The molecule has 32 heavy (non-hydrogen) atoms. The molecule has 1 N–H and O–H groups in total. The average molecular weight is 461 g/mol. The molecule has 1 atom stereocenters. The van der Waals surface area contributed by atoms with Crippen LogP contribution in [0.25, 0.3) is 0 Å². The Balaban J connectivity index is 1.23. The van der Waals surface area contributed by atoms with Crippen LogP contribution < -0.4 is 5.32 Å². The van der Waals surface area contributed by atoms with E-state index in [0.29, 0.717) is 44.1 Å². The smallest absolute Gasteiger partial charge is 0.333 e. The number of likely N-dealkylation sites (N-methyl/N-ethyl adjacent to an activating group) is 2. The van der Waals surface area contributed by atoms with Gasteiger partial charge < -0.3 is 10.2 Å². The lowest BCUT2D eigenvalue weighted by Crippen LogP contribution is -2.62. The van der Waals surface area contributed by atoms with Crippen LogP contribution in [0.15, 0.2) is 21.8 Å². The third-order valence-corrected chi connectivity index (χ3v) is 6.62. The topological polar surface area (TPSA) is 109 Å². The Morgan fingerprint density at radius 1 is 1.19 bits per heavy atom. The second kappa shape index (κ2) is 9.17. The fourth-order valence-electron chi connectivity index (χ4n) is 3.97. The van der Waals surface area contributed by atoms with Gasteiger partial charge in [-0.25, -0.2) is 9.37 Å². The second-order valence-electron chi connectivity index (χ2n) is 7.91. The summed E-state index contributed by atoms with van der Waals surface area (Å²) in [6, 6.07) is 0.610. The van der Waals surface area contributed by atoms with Crippen LogP contribution in [0.1, 0.15) is 10.4 Å². The number of imide groups is 1. The SMILES string of the molecule is CN1C(=O)C2C(=NC=[N+]2CC(=O)N2CCN(CCNC(=O)c3ccsc3)CC2)N(C)C1=O. The minimum Gasteiger partial charge on any atom is -0.351 e. The number of carbonyl (C=O) groups is 4. The summed E-state index contributed by atoms with van der Waals surface area (Å²) in [4.78, 5) is 60.0. The zero-order chi connectivity index (χ0) is 22.8. The molecule has 4 rings (SSSR count). The predicted octanol–water partition coefficient (Wildman–Crippen LogP) is -1.03. The van der Waals surface area contributed by atoms with Crippen LogP contribution in [0.5, 0.6) is 0 Å². The number of fused-ring (bicyclic) bond motifs is 1. The molecular formula is C20H26N7O4S+. The fraction of sp³-hybridized carbons (Fsp3) is 0.500. The molecule has 2 fully saturated rings. The van der Waals surface area contributed by atoms with E-state index in [1.165, 1.54) is 29.6 Å². The van der Waals surface area contributed by atoms with Gasteiger partial charge in [0.25, 0.3) is 35.9 Å². The van der Waals surface area contributed by atoms with E-state index in [2.05, 4.69) is 15.2 Å². The number of hydrogen-bond acceptors (Lipinski definition) is 7. The first-order chi connectivity index (χ1) is 15.4. The molecule has 5 amide bonds. The third kappa shape index (κ3) is 4.28. The van der Waals surface area contributed by atoms with Gasteiger partial charge in [0.15, 0.2) is 6.54 Å². The summed E-state index contributed by atoms with van der Waals surface area (Å²) >= 11 is 1.49. The number of thiophene rings is 1. The van der Waals surface area contributed by atoms with E-state index in [9.17, 15) is 19.2 Å². The van der Waals surface area contributed by atoms with E-state index in [-0.39, 0.29) is 24.3 Å². The average Bonchev–Trinajstić information content (AvgIpc) is 3.47. The Morgan fingerprint density at radius 3 is 2.62 bits per heavy atom. The van der Waals surface area contributed by atoms with E-state index in [1.807, 2.05) is 10.8 Å². The maximum absolute atomic E-state index is 12.8. The van der Waals surface area contributed by atoms with Crippen molar-refractivity contribution in [2.24, 2.45) is 4.99 Å². The maximum atomic E-state index is 12.8. The Kier molecular flexibility index (Phi) is 6.33. The van der Waals surface area contributed by atoms with Crippen molar-refractivity contribution in [2.45, 2.75) is 6.04 Å². The monoisotopic (exact) mass is 460 g/mol. The number of aliphatic imine (C=N–C) groups is 1. The molecule has 1 unspecified atom stereocenters. The van der Waals surface area contributed by atoms with E-state index in [0.717, 1.165) is 11.4 Å². The van der Waals surface area contributed by atoms with Crippen molar-refractivity contribution in [1.29, 1.82) is 0 Å². The zero-order valence-electron chi connectivity index (χ0n) is 18.1. The largest absolute Gasteiger partial charge is 0.351 e. The second-order valence-corrected chi connectivity index (χ2v) is 8.69. The van der Waals surface area contributed by atoms with E-state index >= 15 is 0 Å². The van der Waals surface area contributed by atoms with Crippen molar-refractivity contribution in [3.05, 3.63) is 22.4 Å². The van der Waals surface area contributed by atoms with Crippen LogP contribution in [-0.2, 0) is 9.59 Å². The van der Waals surface area contributed by atoms with Gasteiger partial charge in [-0.15, -0.1) is 0 Å². The van der Waals surface area contributed by atoms with Gasteiger partial charge >= 0.3 is 6.03 Å². The fourth-order valence-corrected chi connectivity index (χ4v) is 4.61. The lowest BCUT2D eigenvalue weighted by Gasteiger charge is -2.35. The molecule has 0 radical (unpaired) electrons. The molecule has 0 aromatic carbocycles. The molecule has 1 aromatic heterocycles. The molecule has 1 aromatic rings. The van der Waals surface area contributed by atoms with E-state index in [4.69, 9.17) is 0 Å². The van der Waals surface area contributed by atoms with Crippen molar-refractivity contribution in [3.63, 3.8) is 0 Å². The Bertz CT molecular complexity index is 982. The van der Waals surface area contributed by atoms with Gasteiger partial charge in [0.05, 0.1) is 0 Å². The Hall–Kier alpha value is -3.12. The van der Waals surface area contributed by atoms with Crippen molar-refractivity contribution in [2.75, 3.05) is 59.9 Å². The van der Waals surface area contributed by atoms with Crippen molar-refractivity contribution in [3.8, 4) is 0 Å². The van der Waals surface area contributed by atoms with Crippen molar-refractivity contribution >= 4 is 47.3 Å². The lowest BCUT2D eigenvalue weighted by molar-refractivity contribution is -0.520. The number of urea groups is 1. The third-order valence-electron chi connectivity index (χ3n) is 5.94. The molecule has 170 valence electrons. The Morgan fingerprint density at radius 2 is 1.94 bits per heavy atom. The maximum Gasteiger partial charge on any atom is 0.333 e. The van der Waals surface area contributed by atoms with Gasteiger partial charge in [0.2, 0.25) is 0 Å². The van der Waals surface area contributed by atoms with Gasteiger partial charge in [0.1, 0.15) is 0 Å². The van der Waals surface area contributed by atoms with E-state index in [1.54, 1.807) is 22.6 Å². The first kappa shape index (κ1) is 22.1. The summed E-state index contributed by atoms with van der Waals surface area (Å²) in [5.74, 6) is -0.195. The number of amides is 5. The van der Waals surface area contributed by atoms with Gasteiger partial charge in [-0.2, -0.15) is 11.3 Å². The van der Waals surface area contributed by atoms with Crippen molar-refractivity contribution < 1.29 is 23.8 Å². The zero-order valence-corrected chi connectivity index (χ0v) is 18.9. The highest BCUT2D eigenvalue weighted by molar-refractivity contribution is 7.08. The van der Waals surface area contributed by atoms with Crippen LogP contribution in [0.2, 0.25) is 0 Å². The first-order valence-corrected chi connectivity index (χ1v) is 11.3. The van der Waals surface area contributed by atoms with E-state index < -0.39 is 12.1 Å². The molecule has 12 heteroatoms. The number of carbonyl (C=O) groups excluding carboxylic acids is 4. The van der Waals surface area contributed by atoms with Crippen LogP contribution in [0, 0.1) is 0 Å². The molecule has 0 saturated carbocycles. The first-order valence-electron chi connectivity index (χ1n) is 10.4. The quantitative estimate of drug-likeness (QED) is 0.546. The molecule has 2 saturated heterocycles. The molecule has 0 bridgehead atoms. The number of amidine groups is 1. The highest BCUT2D eigenvalue weighted by atomic mass is 32.1. The lowest BCUT2D eigenvalue weighted by atomic mass is 10.1. The number of nitrogens with one attached hydrogen (secondary N) is 1. The number of hydrogen-bond donors (Lipinski definition) is 1. The molecule has 4 heterocycles. The summed E-state index contributed by atoms with van der Waals surface area (Å²) in [6.07, 6.45) is 1.46. The highest BCUT2D eigenvalue weighted by Gasteiger charge is 2.51. The van der Waals surface area contributed by atoms with Gasteiger partial charge in [0, 0.05) is 64.3 Å². The number of piperazine rings is 1. The van der Waals surface area contributed by atoms with Gasteiger partial charge in [-0.3, -0.25) is 29.1 Å². The molecule has 0 aliphatic carbocycles. The summed E-state index contributed by atoms with van der Waals surface area (Å²) < 4.78 is 1.59. The molecule has 3 aliphatic rings. The molecule has 0 spiro atoms. The molecule has 11 nitrogen and oxygen atoms in total. The minimum absolute atomic E-state index is 0.0238. The van der Waals surface area contributed by atoms with Crippen LogP contribution >= 0.6 is 11.3 Å². The standard InChI is InChI=1S/C20H25N7O4S/c1-23-17-16(19(30)24(2)20(23)31)27(13-22-17)11-15(28)26-8-6-25(7-9-26)5-4-21-18(29)14-3-10-32-12-14/h3,10,12-13,16H,4-9,11H2,1-2H3/p+1. The van der Waals surface area contributed by atoms with Crippen LogP contribution in [0.3, 0.4) is 0 Å². The van der Waals surface area contributed by atoms with Crippen LogP contribution in [0.4, 0.5) is 4.79 Å². The number of nitrogens with zero attached hydrogens (tertiary/aromatic N) is 6. The van der Waals surface area contributed by atoms with Gasteiger partial charge in [-0.05, 0) is 16.4 Å². The van der Waals surface area contributed by atoms with Gasteiger partial charge in [-0.1, -0.05) is 0 Å². The summed E-state index contributed by atoms with van der Waals surface area (Å²) in [5.41, 5.74) is 0.675. The predicted molar refractivity (Wildman–Crippen MR) is 118 cm³/mol.